The molecule has 3 rings (SSSR count). The van der Waals surface area contributed by atoms with Gasteiger partial charge in [0, 0.05) is 43.7 Å². The van der Waals surface area contributed by atoms with Gasteiger partial charge < -0.3 is 9.80 Å². The van der Waals surface area contributed by atoms with Crippen LogP contribution >= 0.6 is 11.3 Å². The predicted octanol–water partition coefficient (Wildman–Crippen LogP) is 0.0990. The highest BCUT2D eigenvalue weighted by atomic mass is 32.1. The van der Waals surface area contributed by atoms with E-state index in [0.29, 0.717) is 18.4 Å². The van der Waals surface area contributed by atoms with Crippen LogP contribution in [0.1, 0.15) is 40.1 Å². The number of Topliss-reactive ketones (excluding diaryl/α,β-unsaturated/α-hetero) is 1. The van der Waals surface area contributed by atoms with E-state index in [2.05, 4.69) is 5.32 Å². The number of nitrogens with zero attached hydrogens (tertiary/aromatic N) is 2. The molecule has 1 fully saturated rings. The predicted molar refractivity (Wildman–Crippen MR) is 92.4 cm³/mol. The van der Waals surface area contributed by atoms with Crippen LogP contribution in [0.5, 0.6) is 0 Å². The number of nitrogens with one attached hydrogen (secondary N) is 1. The number of aryl methyl sites for hydroxylation is 1. The van der Waals surface area contributed by atoms with Gasteiger partial charge in [0.2, 0.25) is 17.6 Å². The molecule has 0 aliphatic carbocycles. The molecule has 0 saturated carbocycles. The second kappa shape index (κ2) is 6.99. The molecule has 1 unspecified atom stereocenters. The van der Waals surface area contributed by atoms with Crippen molar-refractivity contribution < 1.29 is 24.0 Å². The summed E-state index contributed by atoms with van der Waals surface area (Å²) in [7, 11) is 3.05. The lowest BCUT2D eigenvalue weighted by Crippen LogP contribution is -2.52. The molecule has 0 aromatic carbocycles. The van der Waals surface area contributed by atoms with Gasteiger partial charge in [0.1, 0.15) is 6.04 Å². The van der Waals surface area contributed by atoms with Crippen molar-refractivity contribution in [3.8, 4) is 0 Å². The molecule has 3 heterocycles. The summed E-state index contributed by atoms with van der Waals surface area (Å²) in [6.07, 6.45) is 0.988. The van der Waals surface area contributed by atoms with Gasteiger partial charge in [-0.3, -0.25) is 29.3 Å². The molecule has 4 amide bonds. The molecule has 26 heavy (non-hydrogen) atoms. The molecule has 1 N–H and O–H groups in total. The maximum Gasteiger partial charge on any atom is 0.289 e. The number of fused-ring (bicyclic) bond motifs is 1. The van der Waals surface area contributed by atoms with Crippen LogP contribution in [0.4, 0.5) is 0 Å². The molecule has 2 aliphatic rings. The Bertz CT molecular complexity index is 813. The minimum Gasteiger partial charge on any atom is -0.342 e. The number of piperidine rings is 1. The molecule has 1 aromatic rings. The molecule has 0 bridgehead atoms. The highest BCUT2D eigenvalue weighted by Crippen LogP contribution is 2.34. The van der Waals surface area contributed by atoms with Gasteiger partial charge in [0.25, 0.3) is 11.8 Å². The molecule has 138 valence electrons. The first-order valence-corrected chi connectivity index (χ1v) is 9.16. The quantitative estimate of drug-likeness (QED) is 0.579. The van der Waals surface area contributed by atoms with Gasteiger partial charge in [-0.05, 0) is 18.4 Å². The van der Waals surface area contributed by atoms with E-state index in [1.165, 1.54) is 35.2 Å². The molecule has 1 atom stereocenters. The Kier molecular flexibility index (Phi) is 4.90. The van der Waals surface area contributed by atoms with E-state index in [9.17, 15) is 24.0 Å². The molecular weight excluding hydrogens is 358 g/mol. The number of imide groups is 1. The van der Waals surface area contributed by atoms with Crippen LogP contribution in [0.15, 0.2) is 5.38 Å². The van der Waals surface area contributed by atoms with Crippen molar-refractivity contribution in [1.82, 2.24) is 15.1 Å². The van der Waals surface area contributed by atoms with Gasteiger partial charge in [-0.2, -0.15) is 0 Å². The zero-order valence-electron chi connectivity index (χ0n) is 14.5. The van der Waals surface area contributed by atoms with E-state index in [1.807, 2.05) is 0 Å². The van der Waals surface area contributed by atoms with Crippen molar-refractivity contribution in [2.75, 3.05) is 14.1 Å². The third-order valence-electron chi connectivity index (χ3n) is 4.61. The SMILES string of the molecule is CN(C)C(=O)C(=O)CCc1scc2c1CN(C1CCC(=O)NC1=O)C2=O. The number of carbonyl (C=O) groups is 5. The van der Waals surface area contributed by atoms with Crippen LogP contribution in [-0.4, -0.2) is 59.3 Å². The third kappa shape index (κ3) is 3.26. The van der Waals surface area contributed by atoms with Crippen LogP contribution in [0, 0.1) is 0 Å². The van der Waals surface area contributed by atoms with E-state index < -0.39 is 23.6 Å². The summed E-state index contributed by atoms with van der Waals surface area (Å²) in [5.74, 6) is -2.01. The molecule has 8 nitrogen and oxygen atoms in total. The minimum atomic E-state index is -0.651. The molecule has 0 radical (unpaired) electrons. The summed E-state index contributed by atoms with van der Waals surface area (Å²) in [6.45, 7) is 0.287. The second-order valence-electron chi connectivity index (χ2n) is 6.57. The largest absolute Gasteiger partial charge is 0.342 e. The Balaban J connectivity index is 1.70. The summed E-state index contributed by atoms with van der Waals surface area (Å²) in [5.41, 5.74) is 1.36. The molecule has 0 spiro atoms. The lowest BCUT2D eigenvalue weighted by molar-refractivity contribution is -0.142. The zero-order chi connectivity index (χ0) is 19.0. The fraction of sp³-hybridized carbons (Fsp3) is 0.471. The van der Waals surface area contributed by atoms with E-state index in [0.717, 1.165) is 10.4 Å². The molecule has 1 saturated heterocycles. The highest BCUT2D eigenvalue weighted by Gasteiger charge is 2.40. The summed E-state index contributed by atoms with van der Waals surface area (Å²) in [4.78, 5) is 63.1. The van der Waals surface area contributed by atoms with Crippen molar-refractivity contribution in [3.05, 3.63) is 21.4 Å². The molecular formula is C17H19N3O5S. The first-order valence-electron chi connectivity index (χ1n) is 8.28. The Hall–Kier alpha value is -2.55. The highest BCUT2D eigenvalue weighted by molar-refractivity contribution is 7.10. The van der Waals surface area contributed by atoms with Gasteiger partial charge in [-0.1, -0.05) is 0 Å². The lowest BCUT2D eigenvalue weighted by atomic mass is 10.0. The Morgan fingerprint density at radius 2 is 2.04 bits per heavy atom. The van der Waals surface area contributed by atoms with Gasteiger partial charge in [0.05, 0.1) is 5.56 Å². The number of rotatable bonds is 5. The van der Waals surface area contributed by atoms with Gasteiger partial charge in [-0.25, -0.2) is 0 Å². The van der Waals surface area contributed by atoms with E-state index >= 15 is 0 Å². The normalized spacial score (nSPS) is 19.4. The summed E-state index contributed by atoms with van der Waals surface area (Å²) in [5, 5.41) is 4.00. The standard InChI is InChI=1S/C17H19N3O5S/c1-19(2)17(25)12(21)4-5-13-9-7-20(16(24)10(9)8-26-13)11-3-6-14(22)18-15(11)23/h8,11H,3-7H2,1-2H3,(H,18,22,23). The van der Waals surface area contributed by atoms with Crippen molar-refractivity contribution in [2.45, 2.75) is 38.3 Å². The lowest BCUT2D eigenvalue weighted by Gasteiger charge is -2.29. The van der Waals surface area contributed by atoms with Crippen LogP contribution in [0.2, 0.25) is 0 Å². The number of carbonyl (C=O) groups excluding carboxylic acids is 5. The Morgan fingerprint density at radius 3 is 2.69 bits per heavy atom. The Labute approximate surface area is 154 Å². The number of hydrogen-bond acceptors (Lipinski definition) is 6. The van der Waals surface area contributed by atoms with Gasteiger partial charge >= 0.3 is 0 Å². The third-order valence-corrected chi connectivity index (χ3v) is 5.70. The monoisotopic (exact) mass is 377 g/mol. The molecule has 2 aliphatic heterocycles. The maximum atomic E-state index is 12.6. The van der Waals surface area contributed by atoms with Gasteiger partial charge in [0.15, 0.2) is 0 Å². The summed E-state index contributed by atoms with van der Waals surface area (Å²) in [6, 6.07) is -0.651. The van der Waals surface area contributed by atoms with E-state index in [1.54, 1.807) is 5.38 Å². The molecule has 9 heteroatoms. The van der Waals surface area contributed by atoms with Crippen LogP contribution in [0.25, 0.3) is 0 Å². The zero-order valence-corrected chi connectivity index (χ0v) is 15.4. The fourth-order valence-electron chi connectivity index (χ4n) is 3.20. The van der Waals surface area contributed by atoms with Crippen LogP contribution < -0.4 is 5.32 Å². The average molecular weight is 377 g/mol. The first kappa shape index (κ1) is 18.2. The van der Waals surface area contributed by atoms with Crippen molar-refractivity contribution in [2.24, 2.45) is 0 Å². The topological polar surface area (TPSA) is 104 Å². The fourth-order valence-corrected chi connectivity index (χ4v) is 4.24. The van der Waals surface area contributed by atoms with Crippen molar-refractivity contribution in [3.63, 3.8) is 0 Å². The number of likely N-dealkylation sites (N-methyl/N-ethyl adjacent to an activating group) is 1. The number of thiophene rings is 1. The van der Waals surface area contributed by atoms with E-state index in [-0.39, 0.29) is 31.2 Å². The second-order valence-corrected chi connectivity index (χ2v) is 7.54. The van der Waals surface area contributed by atoms with E-state index in [4.69, 9.17) is 0 Å². The number of amides is 4. The molecule has 1 aromatic heterocycles. The summed E-state index contributed by atoms with van der Waals surface area (Å²) >= 11 is 1.39. The van der Waals surface area contributed by atoms with Crippen molar-refractivity contribution in [1.29, 1.82) is 0 Å². The smallest absolute Gasteiger partial charge is 0.289 e. The number of ketones is 1. The Morgan fingerprint density at radius 1 is 1.31 bits per heavy atom. The van der Waals surface area contributed by atoms with Gasteiger partial charge in [-0.15, -0.1) is 11.3 Å². The number of hydrogen-bond donors (Lipinski definition) is 1. The minimum absolute atomic E-state index is 0.0799. The average Bonchev–Trinajstić information content (AvgIpc) is 3.12. The van der Waals surface area contributed by atoms with Crippen LogP contribution in [-0.2, 0) is 32.1 Å². The first-order chi connectivity index (χ1) is 12.3. The maximum absolute atomic E-state index is 12.6. The summed E-state index contributed by atoms with van der Waals surface area (Å²) < 4.78 is 0. The van der Waals surface area contributed by atoms with Crippen LogP contribution in [0.3, 0.4) is 0 Å². The van der Waals surface area contributed by atoms with Crippen molar-refractivity contribution >= 4 is 40.7 Å².